The van der Waals surface area contributed by atoms with Crippen molar-refractivity contribution in [1.29, 1.82) is 0 Å². The van der Waals surface area contributed by atoms with Crippen molar-refractivity contribution >= 4 is 0 Å². The van der Waals surface area contributed by atoms with Gasteiger partial charge in [-0.15, -0.1) is 0 Å². The molecule has 0 saturated heterocycles. The molecular formula is C14H19F2N. The molecule has 94 valence electrons. The van der Waals surface area contributed by atoms with Gasteiger partial charge in [-0.05, 0) is 42.4 Å². The Hall–Kier alpha value is -0.960. The third-order valence-electron chi connectivity index (χ3n) is 4.08. The topological polar surface area (TPSA) is 26.0 Å². The van der Waals surface area contributed by atoms with Crippen molar-refractivity contribution < 1.29 is 8.78 Å². The molecule has 2 rings (SSSR count). The summed E-state index contributed by atoms with van der Waals surface area (Å²) in [4.78, 5) is 0. The normalized spacial score (nSPS) is 20.5. The Labute approximate surface area is 101 Å². The number of benzene rings is 1. The van der Waals surface area contributed by atoms with E-state index in [0.717, 1.165) is 18.4 Å². The number of rotatable bonds is 3. The van der Waals surface area contributed by atoms with Crippen molar-refractivity contribution in [1.82, 2.24) is 0 Å². The first-order valence-electron chi connectivity index (χ1n) is 6.21. The lowest BCUT2D eigenvalue weighted by molar-refractivity contribution is 0.260. The van der Waals surface area contributed by atoms with Crippen LogP contribution in [0, 0.1) is 17.0 Å². The van der Waals surface area contributed by atoms with Crippen LogP contribution >= 0.6 is 0 Å². The standard InChI is InChI=1S/C14H19F2N/c1-14(6-2-3-7-14)13(17)9-10-4-5-11(15)12(16)8-10/h4-5,8,13H,2-3,6-7,9,17H2,1H3. The summed E-state index contributed by atoms with van der Waals surface area (Å²) in [6.45, 7) is 2.20. The Morgan fingerprint density at radius 3 is 2.47 bits per heavy atom. The minimum Gasteiger partial charge on any atom is -0.327 e. The fourth-order valence-electron chi connectivity index (χ4n) is 2.72. The predicted molar refractivity (Wildman–Crippen MR) is 64.6 cm³/mol. The largest absolute Gasteiger partial charge is 0.327 e. The van der Waals surface area contributed by atoms with Crippen LogP contribution in [0.15, 0.2) is 18.2 Å². The molecule has 1 fully saturated rings. The van der Waals surface area contributed by atoms with E-state index in [1.807, 2.05) is 0 Å². The molecule has 0 aromatic heterocycles. The maximum atomic E-state index is 13.1. The Balaban J connectivity index is 2.07. The van der Waals surface area contributed by atoms with Crippen molar-refractivity contribution in [2.45, 2.75) is 45.1 Å². The molecule has 1 aliphatic carbocycles. The molecule has 0 heterocycles. The van der Waals surface area contributed by atoms with Gasteiger partial charge in [0.25, 0.3) is 0 Å². The summed E-state index contributed by atoms with van der Waals surface area (Å²) in [6.07, 6.45) is 5.34. The van der Waals surface area contributed by atoms with Crippen molar-refractivity contribution in [3.05, 3.63) is 35.4 Å². The van der Waals surface area contributed by atoms with Gasteiger partial charge in [0.05, 0.1) is 0 Å². The molecule has 1 nitrogen and oxygen atoms in total. The van der Waals surface area contributed by atoms with Gasteiger partial charge in [-0.2, -0.15) is 0 Å². The van der Waals surface area contributed by atoms with Gasteiger partial charge in [0.2, 0.25) is 0 Å². The Kier molecular flexibility index (Phi) is 3.48. The van der Waals surface area contributed by atoms with Crippen LogP contribution in [-0.2, 0) is 6.42 Å². The molecule has 0 bridgehead atoms. The molecule has 1 saturated carbocycles. The number of hydrogen-bond donors (Lipinski definition) is 1. The molecular weight excluding hydrogens is 220 g/mol. The lowest BCUT2D eigenvalue weighted by atomic mass is 9.78. The van der Waals surface area contributed by atoms with Crippen LogP contribution < -0.4 is 5.73 Å². The van der Waals surface area contributed by atoms with E-state index in [1.54, 1.807) is 6.07 Å². The molecule has 3 heteroatoms. The van der Waals surface area contributed by atoms with Crippen LogP contribution in [0.1, 0.15) is 38.2 Å². The minimum atomic E-state index is -0.797. The van der Waals surface area contributed by atoms with E-state index in [-0.39, 0.29) is 11.5 Å². The second-order valence-corrected chi connectivity index (χ2v) is 5.42. The quantitative estimate of drug-likeness (QED) is 0.859. The lowest BCUT2D eigenvalue weighted by Gasteiger charge is -2.31. The first-order chi connectivity index (χ1) is 8.01. The van der Waals surface area contributed by atoms with E-state index < -0.39 is 11.6 Å². The zero-order valence-electron chi connectivity index (χ0n) is 10.2. The molecule has 1 unspecified atom stereocenters. The Bertz CT molecular complexity index is 397. The first kappa shape index (κ1) is 12.5. The molecule has 1 aromatic carbocycles. The minimum absolute atomic E-state index is 0.0230. The molecule has 2 N–H and O–H groups in total. The maximum Gasteiger partial charge on any atom is 0.159 e. The zero-order valence-corrected chi connectivity index (χ0v) is 10.2. The molecule has 0 aliphatic heterocycles. The SMILES string of the molecule is CC1(C(N)Cc2ccc(F)c(F)c2)CCCC1. The molecule has 0 radical (unpaired) electrons. The predicted octanol–water partition coefficient (Wildman–Crippen LogP) is 3.41. The van der Waals surface area contributed by atoms with Gasteiger partial charge < -0.3 is 5.73 Å². The molecule has 1 aromatic rings. The van der Waals surface area contributed by atoms with Crippen LogP contribution in [-0.4, -0.2) is 6.04 Å². The summed E-state index contributed by atoms with van der Waals surface area (Å²) < 4.78 is 25.9. The summed E-state index contributed by atoms with van der Waals surface area (Å²) in [5.41, 5.74) is 7.16. The van der Waals surface area contributed by atoms with E-state index in [9.17, 15) is 8.78 Å². The van der Waals surface area contributed by atoms with Crippen LogP contribution in [0.4, 0.5) is 8.78 Å². The second-order valence-electron chi connectivity index (χ2n) is 5.42. The summed E-state index contributed by atoms with van der Waals surface area (Å²) >= 11 is 0. The van der Waals surface area contributed by atoms with Crippen molar-refractivity contribution in [2.24, 2.45) is 11.1 Å². The van der Waals surface area contributed by atoms with Crippen molar-refractivity contribution in [3.8, 4) is 0 Å². The van der Waals surface area contributed by atoms with Gasteiger partial charge in [-0.25, -0.2) is 8.78 Å². The molecule has 0 spiro atoms. The number of nitrogens with two attached hydrogens (primary N) is 1. The Morgan fingerprint density at radius 2 is 1.88 bits per heavy atom. The monoisotopic (exact) mass is 239 g/mol. The van der Waals surface area contributed by atoms with Gasteiger partial charge in [0.15, 0.2) is 11.6 Å². The van der Waals surface area contributed by atoms with E-state index in [2.05, 4.69) is 6.92 Å². The van der Waals surface area contributed by atoms with Gasteiger partial charge in [0, 0.05) is 6.04 Å². The van der Waals surface area contributed by atoms with Crippen LogP contribution in [0.5, 0.6) is 0 Å². The van der Waals surface area contributed by atoms with Crippen molar-refractivity contribution in [3.63, 3.8) is 0 Å². The smallest absolute Gasteiger partial charge is 0.159 e. The lowest BCUT2D eigenvalue weighted by Crippen LogP contribution is -2.39. The summed E-state index contributed by atoms with van der Waals surface area (Å²) in [5, 5.41) is 0. The van der Waals surface area contributed by atoms with Crippen LogP contribution in [0.3, 0.4) is 0 Å². The Morgan fingerprint density at radius 1 is 1.24 bits per heavy atom. The first-order valence-corrected chi connectivity index (χ1v) is 6.21. The summed E-state index contributed by atoms with van der Waals surface area (Å²) in [5.74, 6) is -1.58. The number of halogens is 2. The van der Waals surface area contributed by atoms with Crippen LogP contribution in [0.2, 0.25) is 0 Å². The van der Waals surface area contributed by atoms with E-state index >= 15 is 0 Å². The van der Waals surface area contributed by atoms with Crippen LogP contribution in [0.25, 0.3) is 0 Å². The van der Waals surface area contributed by atoms with Gasteiger partial charge in [0.1, 0.15) is 0 Å². The molecule has 1 atom stereocenters. The third kappa shape index (κ3) is 2.65. The fraction of sp³-hybridized carbons (Fsp3) is 0.571. The van der Waals surface area contributed by atoms with Crippen molar-refractivity contribution in [2.75, 3.05) is 0 Å². The van der Waals surface area contributed by atoms with E-state index in [4.69, 9.17) is 5.73 Å². The van der Waals surface area contributed by atoms with E-state index in [1.165, 1.54) is 25.0 Å². The average molecular weight is 239 g/mol. The highest BCUT2D eigenvalue weighted by Gasteiger charge is 2.34. The number of hydrogen-bond acceptors (Lipinski definition) is 1. The average Bonchev–Trinajstić information content (AvgIpc) is 2.72. The van der Waals surface area contributed by atoms with Gasteiger partial charge in [-0.1, -0.05) is 25.8 Å². The van der Waals surface area contributed by atoms with Gasteiger partial charge >= 0.3 is 0 Å². The summed E-state index contributed by atoms with van der Waals surface area (Å²) in [7, 11) is 0. The van der Waals surface area contributed by atoms with E-state index in [0.29, 0.717) is 6.42 Å². The summed E-state index contributed by atoms with van der Waals surface area (Å²) in [6, 6.07) is 4.08. The second kappa shape index (κ2) is 4.73. The highest BCUT2D eigenvalue weighted by Crippen LogP contribution is 2.40. The van der Waals surface area contributed by atoms with Gasteiger partial charge in [-0.3, -0.25) is 0 Å². The zero-order chi connectivity index (χ0) is 12.5. The third-order valence-corrected chi connectivity index (χ3v) is 4.08. The highest BCUT2D eigenvalue weighted by atomic mass is 19.2. The molecule has 1 aliphatic rings. The molecule has 0 amide bonds. The maximum absolute atomic E-state index is 13.1. The fourth-order valence-corrected chi connectivity index (χ4v) is 2.72. The molecule has 17 heavy (non-hydrogen) atoms. The highest BCUT2D eigenvalue weighted by molar-refractivity contribution is 5.19.